The normalized spacial score (nSPS) is 22.1. The zero-order valence-corrected chi connectivity index (χ0v) is 11.5. The third-order valence-corrected chi connectivity index (χ3v) is 3.88. The fraction of sp³-hybridized carbons (Fsp3) is 0.500. The van der Waals surface area contributed by atoms with E-state index in [9.17, 15) is 18.0 Å². The Morgan fingerprint density at radius 2 is 1.90 bits per heavy atom. The van der Waals surface area contributed by atoms with Crippen molar-refractivity contribution in [2.24, 2.45) is 0 Å². The zero-order valence-electron chi connectivity index (χ0n) is 11.5. The fourth-order valence-corrected chi connectivity index (χ4v) is 2.71. The molecule has 1 aromatic carbocycles. The number of benzene rings is 1. The number of alkyl halides is 3. The van der Waals surface area contributed by atoms with Crippen LogP contribution in [0.2, 0.25) is 0 Å². The number of nitrogens with zero attached hydrogens (tertiary/aromatic N) is 1. The molecule has 0 bridgehead atoms. The number of hydrogen-bond donors (Lipinski definition) is 2. The summed E-state index contributed by atoms with van der Waals surface area (Å²) in [6, 6.07) is 5.05. The van der Waals surface area contributed by atoms with Crippen molar-refractivity contribution < 1.29 is 23.1 Å². The van der Waals surface area contributed by atoms with Gasteiger partial charge in [0.1, 0.15) is 0 Å². The predicted molar refractivity (Wildman–Crippen MR) is 72.4 cm³/mol. The van der Waals surface area contributed by atoms with Gasteiger partial charge in [0, 0.05) is 24.8 Å². The Morgan fingerprint density at radius 3 is 2.43 bits per heavy atom. The molecule has 0 radical (unpaired) electrons. The molecule has 0 aliphatic heterocycles. The number of anilines is 1. The van der Waals surface area contributed by atoms with Crippen molar-refractivity contribution in [2.45, 2.75) is 37.5 Å². The summed E-state index contributed by atoms with van der Waals surface area (Å²) in [7, 11) is 1.82. The molecule has 2 N–H and O–H groups in total. The van der Waals surface area contributed by atoms with Crippen LogP contribution in [0.1, 0.15) is 24.8 Å². The van der Waals surface area contributed by atoms with Gasteiger partial charge in [0.25, 0.3) is 0 Å². The van der Waals surface area contributed by atoms with Gasteiger partial charge in [0.15, 0.2) is 0 Å². The summed E-state index contributed by atoms with van der Waals surface area (Å²) in [6.45, 7) is 0. The molecule has 1 aliphatic carbocycles. The molecule has 1 amide bonds. The first-order valence-electron chi connectivity index (χ1n) is 6.67. The second-order valence-electron chi connectivity index (χ2n) is 5.27. The lowest BCUT2D eigenvalue weighted by molar-refractivity contribution is -0.137. The lowest BCUT2D eigenvalue weighted by atomic mass is 10.1. The highest BCUT2D eigenvalue weighted by Gasteiger charge is 2.31. The molecule has 4 nitrogen and oxygen atoms in total. The van der Waals surface area contributed by atoms with E-state index in [0.717, 1.165) is 25.0 Å². The van der Waals surface area contributed by atoms with Gasteiger partial charge in [-0.05, 0) is 43.5 Å². The van der Waals surface area contributed by atoms with E-state index in [1.165, 1.54) is 12.1 Å². The first kappa shape index (κ1) is 15.5. The van der Waals surface area contributed by atoms with Crippen LogP contribution < -0.4 is 10.2 Å². The minimum atomic E-state index is -4.33. The van der Waals surface area contributed by atoms with E-state index in [0.29, 0.717) is 12.1 Å². The van der Waals surface area contributed by atoms with Crippen LogP contribution in [0.3, 0.4) is 0 Å². The van der Waals surface area contributed by atoms with Crippen LogP contribution in [-0.4, -0.2) is 30.3 Å². The van der Waals surface area contributed by atoms with Crippen LogP contribution in [0, 0.1) is 0 Å². The van der Waals surface area contributed by atoms with Crippen LogP contribution in [0.15, 0.2) is 24.3 Å². The number of rotatable bonds is 3. The van der Waals surface area contributed by atoms with E-state index in [-0.39, 0.29) is 12.1 Å². The van der Waals surface area contributed by atoms with Crippen molar-refractivity contribution in [2.75, 3.05) is 11.9 Å². The minimum Gasteiger partial charge on any atom is -0.465 e. The largest absolute Gasteiger partial charge is 0.465 e. The molecule has 1 aromatic rings. The van der Waals surface area contributed by atoms with Gasteiger partial charge in [-0.15, -0.1) is 0 Å². The van der Waals surface area contributed by atoms with Crippen LogP contribution in [0.25, 0.3) is 0 Å². The van der Waals surface area contributed by atoms with E-state index in [4.69, 9.17) is 5.11 Å². The lowest BCUT2D eigenvalue weighted by Gasteiger charge is -2.27. The van der Waals surface area contributed by atoms with Gasteiger partial charge in [0.05, 0.1) is 5.56 Å². The smallest absolute Gasteiger partial charge is 0.416 e. The summed E-state index contributed by atoms with van der Waals surface area (Å²) in [5.41, 5.74) is 0.0282. The van der Waals surface area contributed by atoms with Crippen molar-refractivity contribution in [1.82, 2.24) is 5.32 Å². The highest BCUT2D eigenvalue weighted by Crippen LogP contribution is 2.32. The minimum absolute atomic E-state index is 0.0931. The summed E-state index contributed by atoms with van der Waals surface area (Å²) in [6.07, 6.45) is -3.17. The summed E-state index contributed by atoms with van der Waals surface area (Å²) in [5.74, 6) is 0. The molecular weight excluding hydrogens is 285 g/mol. The van der Waals surface area contributed by atoms with Crippen LogP contribution >= 0.6 is 0 Å². The van der Waals surface area contributed by atoms with Crippen molar-refractivity contribution in [3.05, 3.63) is 29.8 Å². The average molecular weight is 302 g/mol. The van der Waals surface area contributed by atoms with Crippen molar-refractivity contribution in [3.8, 4) is 0 Å². The van der Waals surface area contributed by atoms with Gasteiger partial charge < -0.3 is 15.3 Å². The van der Waals surface area contributed by atoms with Crippen molar-refractivity contribution in [3.63, 3.8) is 0 Å². The molecule has 7 heteroatoms. The Morgan fingerprint density at radius 1 is 1.29 bits per heavy atom. The summed E-state index contributed by atoms with van der Waals surface area (Å²) in [4.78, 5) is 12.5. The van der Waals surface area contributed by atoms with E-state index < -0.39 is 17.8 Å². The zero-order chi connectivity index (χ0) is 15.6. The topological polar surface area (TPSA) is 52.6 Å². The van der Waals surface area contributed by atoms with Gasteiger partial charge in [-0.3, -0.25) is 0 Å². The second kappa shape index (κ2) is 5.83. The summed E-state index contributed by atoms with van der Waals surface area (Å²) in [5, 5.41) is 11.1. The van der Waals surface area contributed by atoms with Gasteiger partial charge in [-0.25, -0.2) is 4.79 Å². The van der Waals surface area contributed by atoms with Gasteiger partial charge in [0.2, 0.25) is 0 Å². The molecule has 1 aliphatic rings. The number of amides is 1. The number of carboxylic acid groups (broad SMARTS) is 1. The Bertz CT molecular complexity index is 502. The highest BCUT2D eigenvalue weighted by atomic mass is 19.4. The summed E-state index contributed by atoms with van der Waals surface area (Å²) >= 11 is 0. The average Bonchev–Trinajstić information content (AvgIpc) is 2.84. The number of carbonyl (C=O) groups is 1. The maximum atomic E-state index is 12.5. The molecule has 1 saturated carbocycles. The quantitative estimate of drug-likeness (QED) is 0.900. The van der Waals surface area contributed by atoms with Crippen LogP contribution in [0.4, 0.5) is 23.7 Å². The molecule has 1 fully saturated rings. The SMILES string of the molecule is CN(c1ccc(C(F)(F)F)cc1)[C@@H]1CC[C@@H](NC(=O)O)C1. The monoisotopic (exact) mass is 302 g/mol. The van der Waals surface area contributed by atoms with E-state index in [2.05, 4.69) is 5.32 Å². The Hall–Kier alpha value is -1.92. The molecule has 21 heavy (non-hydrogen) atoms. The molecule has 0 aromatic heterocycles. The van der Waals surface area contributed by atoms with Crippen LogP contribution in [-0.2, 0) is 6.18 Å². The molecule has 2 rings (SSSR count). The fourth-order valence-electron chi connectivity index (χ4n) is 2.71. The van der Waals surface area contributed by atoms with Gasteiger partial charge in [-0.1, -0.05) is 0 Å². The Kier molecular flexibility index (Phi) is 4.29. The second-order valence-corrected chi connectivity index (χ2v) is 5.27. The third kappa shape index (κ3) is 3.80. The first-order chi connectivity index (χ1) is 9.77. The predicted octanol–water partition coefficient (Wildman–Crippen LogP) is 3.33. The molecule has 0 spiro atoms. The summed E-state index contributed by atoms with van der Waals surface area (Å²) < 4.78 is 37.6. The van der Waals surface area contributed by atoms with Crippen molar-refractivity contribution >= 4 is 11.8 Å². The molecular formula is C14H17F3N2O2. The van der Waals surface area contributed by atoms with Crippen molar-refractivity contribution in [1.29, 1.82) is 0 Å². The molecule has 116 valence electrons. The van der Waals surface area contributed by atoms with Gasteiger partial charge >= 0.3 is 12.3 Å². The third-order valence-electron chi connectivity index (χ3n) is 3.88. The number of nitrogens with one attached hydrogen (secondary N) is 1. The maximum absolute atomic E-state index is 12.5. The molecule has 0 unspecified atom stereocenters. The number of hydrogen-bond acceptors (Lipinski definition) is 2. The maximum Gasteiger partial charge on any atom is 0.416 e. The number of halogens is 3. The standard InChI is InChI=1S/C14H17F3N2O2/c1-19(12-7-4-10(8-12)18-13(20)21)11-5-2-9(3-6-11)14(15,16)17/h2-3,5-6,10,12,18H,4,7-8H2,1H3,(H,20,21)/t10-,12-/m1/s1. The molecule has 2 atom stereocenters. The molecule has 0 saturated heterocycles. The Labute approximate surface area is 120 Å². The van der Waals surface area contributed by atoms with Crippen LogP contribution in [0.5, 0.6) is 0 Å². The molecule has 0 heterocycles. The Balaban J connectivity index is 2.01. The van der Waals surface area contributed by atoms with E-state index >= 15 is 0 Å². The van der Waals surface area contributed by atoms with E-state index in [1.807, 2.05) is 11.9 Å². The lowest BCUT2D eigenvalue weighted by Crippen LogP contribution is -2.35. The van der Waals surface area contributed by atoms with E-state index in [1.54, 1.807) is 0 Å². The highest BCUT2D eigenvalue weighted by molar-refractivity contribution is 5.65. The van der Waals surface area contributed by atoms with Gasteiger partial charge in [-0.2, -0.15) is 13.2 Å². The first-order valence-corrected chi connectivity index (χ1v) is 6.67.